The number of anilines is 1. The van der Waals surface area contributed by atoms with Crippen molar-refractivity contribution in [1.82, 2.24) is 10.4 Å². The number of ether oxygens (including phenoxy) is 1. The van der Waals surface area contributed by atoms with E-state index in [1.54, 1.807) is 28.4 Å². The summed E-state index contributed by atoms with van der Waals surface area (Å²) in [5, 5.41) is 9.88. The summed E-state index contributed by atoms with van der Waals surface area (Å²) in [5.41, 5.74) is 4.14. The molecule has 2 heterocycles. The summed E-state index contributed by atoms with van der Waals surface area (Å²) < 4.78 is 5.79. The van der Waals surface area contributed by atoms with E-state index in [0.29, 0.717) is 0 Å². The minimum atomic E-state index is -0.494. The molecular formula is C15H15BrN4O2S. The van der Waals surface area contributed by atoms with Gasteiger partial charge in [0.15, 0.2) is 6.17 Å². The topological polar surface area (TPSA) is 57.2 Å². The van der Waals surface area contributed by atoms with Crippen LogP contribution in [0.2, 0.25) is 0 Å². The smallest absolute Gasteiger partial charge is 0.377 e. The summed E-state index contributed by atoms with van der Waals surface area (Å²) in [6.45, 7) is 0. The number of hydrazone groups is 1. The summed E-state index contributed by atoms with van der Waals surface area (Å²) in [7, 11) is 3.09. The molecule has 0 fully saturated rings. The largest absolute Gasteiger partial charge is 0.463 e. The van der Waals surface area contributed by atoms with E-state index in [0.717, 1.165) is 15.0 Å². The first-order valence-electron chi connectivity index (χ1n) is 6.85. The van der Waals surface area contributed by atoms with E-state index in [2.05, 4.69) is 26.5 Å². The van der Waals surface area contributed by atoms with Crippen LogP contribution in [-0.4, -0.2) is 31.0 Å². The fourth-order valence-corrected chi connectivity index (χ4v) is 3.24. The minimum Gasteiger partial charge on any atom is -0.463 e. The van der Waals surface area contributed by atoms with E-state index in [1.807, 2.05) is 41.8 Å². The molecule has 0 bridgehead atoms. The number of esters is 1. The molecule has 120 valence electrons. The molecule has 0 saturated heterocycles. The third-order valence-corrected chi connectivity index (χ3v) is 4.81. The van der Waals surface area contributed by atoms with Crippen LogP contribution < -0.4 is 10.4 Å². The number of carbonyl (C=O) groups is 1. The van der Waals surface area contributed by atoms with Crippen LogP contribution in [0.15, 0.2) is 51.4 Å². The molecule has 6 nitrogen and oxygen atoms in total. The molecule has 23 heavy (non-hydrogen) atoms. The first-order valence-corrected chi connectivity index (χ1v) is 8.52. The summed E-state index contributed by atoms with van der Waals surface area (Å²) in [5.74, 6) is -0.296. The summed E-state index contributed by atoms with van der Waals surface area (Å²) >= 11 is 5.05. The lowest BCUT2D eigenvalue weighted by atomic mass is 10.2. The van der Waals surface area contributed by atoms with Crippen LogP contribution in [0.3, 0.4) is 0 Å². The molecule has 1 aromatic carbocycles. The average molecular weight is 395 g/mol. The molecule has 2 aromatic rings. The molecule has 0 saturated carbocycles. The molecule has 0 spiro atoms. The molecule has 1 aliphatic rings. The van der Waals surface area contributed by atoms with Gasteiger partial charge in [0, 0.05) is 16.4 Å². The maximum absolute atomic E-state index is 11.9. The molecule has 1 N–H and O–H groups in total. The van der Waals surface area contributed by atoms with E-state index in [9.17, 15) is 4.79 Å². The van der Waals surface area contributed by atoms with Crippen molar-refractivity contribution in [3.05, 3.63) is 51.1 Å². The van der Waals surface area contributed by atoms with Gasteiger partial charge >= 0.3 is 5.97 Å². The van der Waals surface area contributed by atoms with Crippen LogP contribution in [0.1, 0.15) is 11.0 Å². The van der Waals surface area contributed by atoms with E-state index in [1.165, 1.54) is 7.11 Å². The van der Waals surface area contributed by atoms with Crippen molar-refractivity contribution < 1.29 is 9.53 Å². The lowest BCUT2D eigenvalue weighted by molar-refractivity contribution is -0.133. The second kappa shape index (κ2) is 6.69. The molecule has 0 radical (unpaired) electrons. The molecule has 1 aromatic heterocycles. The molecule has 1 unspecified atom stereocenters. The Morgan fingerprint density at radius 2 is 2.09 bits per heavy atom. The molecule has 8 heteroatoms. The fourth-order valence-electron chi connectivity index (χ4n) is 2.23. The number of hydrogen-bond acceptors (Lipinski definition) is 7. The SMILES string of the molecule is COC(=O)C1=NN(c2ccc(Br)cc2)C(c2cccs2)NN1C. The molecule has 1 aliphatic heterocycles. The van der Waals surface area contributed by atoms with Crippen molar-refractivity contribution in [3.63, 3.8) is 0 Å². The number of halogens is 1. The average Bonchev–Trinajstić information content (AvgIpc) is 3.09. The fraction of sp³-hybridized carbons (Fsp3) is 0.200. The minimum absolute atomic E-state index is 0.197. The van der Waals surface area contributed by atoms with E-state index in [4.69, 9.17) is 4.74 Å². The third kappa shape index (κ3) is 3.24. The van der Waals surface area contributed by atoms with Crippen molar-refractivity contribution in [2.75, 3.05) is 19.2 Å². The molecular weight excluding hydrogens is 380 g/mol. The third-order valence-electron chi connectivity index (χ3n) is 3.35. The number of rotatable bonds is 3. The summed E-state index contributed by atoms with van der Waals surface area (Å²) in [6, 6.07) is 11.8. The number of likely N-dealkylation sites (N-methyl/N-ethyl adjacent to an activating group) is 1. The quantitative estimate of drug-likeness (QED) is 0.810. The van der Waals surface area contributed by atoms with Crippen molar-refractivity contribution in [1.29, 1.82) is 0 Å². The Morgan fingerprint density at radius 1 is 1.35 bits per heavy atom. The lowest BCUT2D eigenvalue weighted by Crippen LogP contribution is -2.54. The first-order chi connectivity index (χ1) is 11.1. The number of hydrazine groups is 1. The Balaban J connectivity index is 2.05. The Hall–Kier alpha value is -1.90. The Kier molecular flexibility index (Phi) is 4.65. The predicted octanol–water partition coefficient (Wildman–Crippen LogP) is 2.95. The number of benzene rings is 1. The molecule has 0 amide bonds. The zero-order valence-corrected chi connectivity index (χ0v) is 15.0. The number of hydrogen-bond donors (Lipinski definition) is 1. The lowest BCUT2D eigenvalue weighted by Gasteiger charge is -2.38. The van der Waals surface area contributed by atoms with Crippen molar-refractivity contribution in [3.8, 4) is 0 Å². The van der Waals surface area contributed by atoms with Gasteiger partial charge in [-0.05, 0) is 35.7 Å². The highest BCUT2D eigenvalue weighted by Crippen LogP contribution is 2.31. The van der Waals surface area contributed by atoms with Crippen molar-refractivity contribution in [2.24, 2.45) is 5.10 Å². The highest BCUT2D eigenvalue weighted by molar-refractivity contribution is 9.10. The standard InChI is InChI=1S/C15H15BrN4O2S/c1-19-14(15(21)22-2)18-20(11-7-5-10(16)6-8-11)13(17-19)12-4-3-9-23-12/h3-9,13,17H,1-2H3. The second-order valence-electron chi connectivity index (χ2n) is 4.84. The van der Waals surface area contributed by atoms with Gasteiger partial charge < -0.3 is 4.74 Å². The van der Waals surface area contributed by atoms with Crippen molar-refractivity contribution >= 4 is 44.8 Å². The molecule has 3 rings (SSSR count). The first kappa shape index (κ1) is 16.0. The van der Waals surface area contributed by atoms with E-state index < -0.39 is 5.97 Å². The number of carbonyl (C=O) groups excluding carboxylic acids is 1. The Labute approximate surface area is 146 Å². The zero-order valence-electron chi connectivity index (χ0n) is 12.6. The van der Waals surface area contributed by atoms with Gasteiger partial charge in [-0.2, -0.15) is 0 Å². The predicted molar refractivity (Wildman–Crippen MR) is 94.0 cm³/mol. The summed E-state index contributed by atoms with van der Waals surface area (Å²) in [4.78, 5) is 13.0. The van der Waals surface area contributed by atoms with E-state index >= 15 is 0 Å². The number of nitrogens with one attached hydrogen (secondary N) is 1. The highest BCUT2D eigenvalue weighted by atomic mass is 79.9. The van der Waals surface area contributed by atoms with Crippen LogP contribution in [0.4, 0.5) is 5.69 Å². The van der Waals surface area contributed by atoms with Crippen LogP contribution in [-0.2, 0) is 9.53 Å². The van der Waals surface area contributed by atoms with Crippen LogP contribution >= 0.6 is 27.3 Å². The number of amidine groups is 1. The Morgan fingerprint density at radius 3 is 2.70 bits per heavy atom. The Bertz CT molecular complexity index is 718. The maximum atomic E-state index is 11.9. The van der Waals surface area contributed by atoms with Crippen LogP contribution in [0.5, 0.6) is 0 Å². The monoisotopic (exact) mass is 394 g/mol. The number of nitrogens with zero attached hydrogens (tertiary/aromatic N) is 3. The van der Waals surface area contributed by atoms with E-state index in [-0.39, 0.29) is 12.0 Å². The summed E-state index contributed by atoms with van der Waals surface area (Å²) in [6.07, 6.45) is -0.199. The number of thiophene rings is 1. The van der Waals surface area contributed by atoms with Gasteiger partial charge in [-0.25, -0.2) is 15.2 Å². The van der Waals surface area contributed by atoms with Gasteiger partial charge in [0.05, 0.1) is 12.8 Å². The maximum Gasteiger partial charge on any atom is 0.377 e. The van der Waals surface area contributed by atoms with Crippen molar-refractivity contribution in [2.45, 2.75) is 6.17 Å². The van der Waals surface area contributed by atoms with Gasteiger partial charge in [0.25, 0.3) is 0 Å². The van der Waals surface area contributed by atoms with Crippen LogP contribution in [0.25, 0.3) is 0 Å². The normalized spacial score (nSPS) is 17.9. The zero-order chi connectivity index (χ0) is 16.4. The molecule has 0 aliphatic carbocycles. The number of methoxy groups -OCH3 is 1. The van der Waals surface area contributed by atoms with Gasteiger partial charge in [-0.1, -0.05) is 22.0 Å². The molecule has 1 atom stereocenters. The van der Waals surface area contributed by atoms with Crippen LogP contribution in [0, 0.1) is 0 Å². The highest BCUT2D eigenvalue weighted by Gasteiger charge is 2.32. The van der Waals surface area contributed by atoms with Gasteiger partial charge in [-0.15, -0.1) is 16.4 Å². The van der Waals surface area contributed by atoms with Gasteiger partial charge in [0.2, 0.25) is 5.84 Å². The van der Waals surface area contributed by atoms with Gasteiger partial charge in [0.1, 0.15) is 0 Å². The second-order valence-corrected chi connectivity index (χ2v) is 6.74. The van der Waals surface area contributed by atoms with Gasteiger partial charge in [-0.3, -0.25) is 5.01 Å².